The molecule has 2 heterocycles. The van der Waals surface area contributed by atoms with Crippen molar-refractivity contribution in [3.8, 4) is 17.2 Å². The van der Waals surface area contributed by atoms with Gasteiger partial charge >= 0.3 is 5.97 Å². The van der Waals surface area contributed by atoms with Crippen molar-refractivity contribution < 1.29 is 33.3 Å². The molecule has 0 bridgehead atoms. The Balaban J connectivity index is 0.881. The van der Waals surface area contributed by atoms with Crippen molar-refractivity contribution in [2.45, 2.75) is 120 Å². The van der Waals surface area contributed by atoms with Crippen LogP contribution in [0, 0.1) is 11.8 Å². The van der Waals surface area contributed by atoms with E-state index in [0.717, 1.165) is 74.3 Å². The van der Waals surface area contributed by atoms with E-state index in [1.54, 1.807) is 17.0 Å². The maximum atomic E-state index is 13.5. The van der Waals surface area contributed by atoms with Crippen molar-refractivity contribution in [1.82, 2.24) is 14.8 Å². The number of fused-ring (bicyclic) bond motifs is 3. The molecule has 2 fully saturated rings. The molecule has 1 unspecified atom stereocenters. The zero-order chi connectivity index (χ0) is 46.3. The number of carbonyl (C=O) groups is 2. The minimum Gasteiger partial charge on any atom is -0.494 e. The van der Waals surface area contributed by atoms with Gasteiger partial charge in [0.05, 0.1) is 13.2 Å². The van der Waals surface area contributed by atoms with Gasteiger partial charge in [-0.3, -0.25) is 14.7 Å². The van der Waals surface area contributed by atoms with Crippen LogP contribution in [0.3, 0.4) is 0 Å². The number of benzene rings is 3. The fourth-order valence-corrected chi connectivity index (χ4v) is 11.5. The Hall–Kier alpha value is -4.87. The first-order chi connectivity index (χ1) is 31.9. The van der Waals surface area contributed by atoms with Crippen LogP contribution in [-0.4, -0.2) is 96.5 Å². The number of aromatic nitrogens is 1. The first-order valence-electron chi connectivity index (χ1n) is 24.4. The highest BCUT2D eigenvalue weighted by Gasteiger charge is 2.54. The van der Waals surface area contributed by atoms with Gasteiger partial charge in [-0.25, -0.2) is 9.18 Å². The summed E-state index contributed by atoms with van der Waals surface area (Å²) in [6, 6.07) is 23.8. The number of carboxylic acid groups (broad SMARTS) is 1. The van der Waals surface area contributed by atoms with E-state index in [4.69, 9.17) is 25.8 Å². The summed E-state index contributed by atoms with van der Waals surface area (Å²) < 4.78 is 32.5. The molecule has 3 aromatic carbocycles. The van der Waals surface area contributed by atoms with Crippen molar-refractivity contribution in [1.29, 1.82) is 0 Å². The maximum Gasteiger partial charge on any atom is 0.329 e. The average Bonchev–Trinajstić information content (AvgIpc) is 3.86. The molecule has 4 aromatic rings. The number of amides is 1. The number of rotatable bonds is 20. The molecule has 3 aliphatic carbocycles. The number of nitrogens with zero attached hydrogens (tertiary/aromatic N) is 3. The predicted molar refractivity (Wildman–Crippen MR) is 258 cm³/mol. The summed E-state index contributed by atoms with van der Waals surface area (Å²) in [6.45, 7) is 8.66. The third kappa shape index (κ3) is 11.3. The van der Waals surface area contributed by atoms with Gasteiger partial charge in [0.2, 0.25) is 5.91 Å². The molecule has 4 aliphatic rings. The number of hydrogen-bond acceptors (Lipinski definition) is 8. The van der Waals surface area contributed by atoms with Crippen molar-refractivity contribution in [2.24, 2.45) is 11.8 Å². The van der Waals surface area contributed by atoms with Crippen LogP contribution in [0.4, 0.5) is 10.1 Å². The highest BCUT2D eigenvalue weighted by atomic mass is 35.5. The molecule has 4 atom stereocenters. The molecule has 66 heavy (non-hydrogen) atoms. The zero-order valence-corrected chi connectivity index (χ0v) is 39.8. The maximum absolute atomic E-state index is 13.5. The molecule has 1 aromatic heterocycles. The van der Waals surface area contributed by atoms with Crippen LogP contribution in [0.2, 0.25) is 5.02 Å². The Bertz CT molecular complexity index is 2300. The number of aliphatic carboxylic acids is 1. The molecule has 1 spiro atoms. The number of likely N-dealkylation sites (tertiary alicyclic amines) is 1. The Morgan fingerprint density at radius 2 is 1.80 bits per heavy atom. The average molecular weight is 924 g/mol. The van der Waals surface area contributed by atoms with Crippen molar-refractivity contribution in [3.63, 3.8) is 0 Å². The first-order valence-corrected chi connectivity index (χ1v) is 24.7. The molecular formula is C54H68ClFN4O6. The first kappa shape index (κ1) is 47.6. The predicted octanol–water partition coefficient (Wildman–Crippen LogP) is 10.5. The van der Waals surface area contributed by atoms with E-state index in [-0.39, 0.29) is 17.2 Å². The van der Waals surface area contributed by atoms with E-state index in [1.165, 1.54) is 22.4 Å². The lowest BCUT2D eigenvalue weighted by molar-refractivity contribution is -0.144. The minimum absolute atomic E-state index is 0.0745. The summed E-state index contributed by atoms with van der Waals surface area (Å²) in [5.74, 6) is 2.78. The van der Waals surface area contributed by atoms with Gasteiger partial charge in [-0.05, 0) is 165 Å². The van der Waals surface area contributed by atoms with Crippen LogP contribution in [0.15, 0.2) is 79.0 Å². The van der Waals surface area contributed by atoms with Crippen molar-refractivity contribution in [3.05, 3.63) is 112 Å². The van der Waals surface area contributed by atoms with Crippen LogP contribution in [0.25, 0.3) is 0 Å². The molecule has 1 saturated heterocycles. The van der Waals surface area contributed by atoms with Gasteiger partial charge in [-0.2, -0.15) is 0 Å². The highest BCUT2D eigenvalue weighted by Crippen LogP contribution is 2.57. The van der Waals surface area contributed by atoms with Crippen LogP contribution >= 0.6 is 11.6 Å². The zero-order valence-electron chi connectivity index (χ0n) is 39.0. The van der Waals surface area contributed by atoms with E-state index in [2.05, 4.69) is 53.3 Å². The van der Waals surface area contributed by atoms with Gasteiger partial charge in [0.1, 0.15) is 35.6 Å². The number of carboxylic acids is 1. The number of pyridine rings is 1. The number of ether oxygens (including phenoxy) is 3. The second-order valence-corrected chi connectivity index (χ2v) is 20.1. The molecule has 10 nitrogen and oxygen atoms in total. The van der Waals surface area contributed by atoms with Crippen LogP contribution in [0.1, 0.15) is 112 Å². The molecule has 1 saturated carbocycles. The molecule has 8 rings (SSSR count). The number of likely N-dealkylation sites (N-methyl/N-ethyl adjacent to an activating group) is 1. The summed E-state index contributed by atoms with van der Waals surface area (Å²) in [5, 5.41) is 14.7. The van der Waals surface area contributed by atoms with Gasteiger partial charge in [-0.1, -0.05) is 49.7 Å². The van der Waals surface area contributed by atoms with Gasteiger partial charge in [0.15, 0.2) is 0 Å². The van der Waals surface area contributed by atoms with E-state index in [9.17, 15) is 19.1 Å². The van der Waals surface area contributed by atoms with Crippen LogP contribution < -0.4 is 19.5 Å². The normalized spacial score (nSPS) is 24.0. The van der Waals surface area contributed by atoms with E-state index in [1.807, 2.05) is 49.6 Å². The lowest BCUT2D eigenvalue weighted by atomic mass is 9.59. The van der Waals surface area contributed by atoms with Crippen molar-refractivity contribution >= 4 is 29.2 Å². The Labute approximate surface area is 395 Å². The van der Waals surface area contributed by atoms with E-state index in [0.29, 0.717) is 101 Å². The monoisotopic (exact) mass is 922 g/mol. The van der Waals surface area contributed by atoms with Crippen molar-refractivity contribution in [2.75, 3.05) is 58.4 Å². The lowest BCUT2D eigenvalue weighted by Crippen LogP contribution is -2.53. The third-order valence-corrected chi connectivity index (χ3v) is 15.3. The fourth-order valence-electron chi connectivity index (χ4n) is 11.3. The molecule has 12 heteroatoms. The lowest BCUT2D eigenvalue weighted by Gasteiger charge is -2.47. The van der Waals surface area contributed by atoms with Crippen LogP contribution in [0.5, 0.6) is 17.2 Å². The number of alkyl halides is 1. The molecule has 0 radical (unpaired) electrons. The minimum atomic E-state index is -1.11. The summed E-state index contributed by atoms with van der Waals surface area (Å²) in [5.41, 5.74) is 5.48. The summed E-state index contributed by atoms with van der Waals surface area (Å²) in [6.07, 6.45) is 11.0. The molecule has 2 N–H and O–H groups in total. The Morgan fingerprint density at radius 3 is 2.59 bits per heavy atom. The Morgan fingerprint density at radius 1 is 1.00 bits per heavy atom. The third-order valence-electron chi connectivity index (χ3n) is 15.0. The van der Waals surface area contributed by atoms with E-state index >= 15 is 0 Å². The smallest absolute Gasteiger partial charge is 0.329 e. The molecule has 354 valence electrons. The SMILES string of the molecule is C[C@@H](COc1ccnc2c1[C@H](C)CCC2)CC1Cc2ccc(OCCCC(=O)N(C)CCc3cccc(OCCN4CC[C@H](F)C4)c3)cc2C12CCC(Nc1cccc(Cl)c1)(C(=O)O)CC2. The quantitative estimate of drug-likeness (QED) is 0.0837. The topological polar surface area (TPSA) is 113 Å². The van der Waals surface area contributed by atoms with E-state index < -0.39 is 17.7 Å². The van der Waals surface area contributed by atoms with Crippen LogP contribution in [-0.2, 0) is 34.3 Å². The van der Waals surface area contributed by atoms with Gasteiger partial charge in [0, 0.05) is 67.8 Å². The second kappa shape index (κ2) is 21.4. The largest absolute Gasteiger partial charge is 0.494 e. The number of halogens is 2. The van der Waals surface area contributed by atoms with Gasteiger partial charge in [0.25, 0.3) is 0 Å². The number of aryl methyl sites for hydroxylation is 1. The van der Waals surface area contributed by atoms with Gasteiger partial charge < -0.3 is 29.5 Å². The summed E-state index contributed by atoms with van der Waals surface area (Å²) in [4.78, 5) is 34.9. The number of anilines is 1. The number of carbonyl (C=O) groups excluding carboxylic acids is 1. The molecular weight excluding hydrogens is 855 g/mol. The summed E-state index contributed by atoms with van der Waals surface area (Å²) >= 11 is 6.33. The standard InChI is InChI=1S/C54H68ClFN4O6/c1-37(36-66-49-17-24-57-48-13-4-8-38(2)51(48)49)30-41-32-40-15-16-46(34-47(40)53(41)20-22-54(23-21-53,52(62)63)58-44-11-6-10-42(55)33-44)64-28-7-14-50(61)59(3)25-18-39-9-5-12-45(31-39)65-29-27-60-26-19-43(56)35-60/h5-6,9-12,15-17,24,31,33-34,37-38,41,43,58H,4,7-8,13-14,18-23,25-30,32,35-36H2,1-3H3,(H,62,63)/t37-,38-,41?,43+,53?,54?/m1/s1. The highest BCUT2D eigenvalue weighted by molar-refractivity contribution is 6.30. The Kier molecular flexibility index (Phi) is 15.4. The second-order valence-electron chi connectivity index (χ2n) is 19.7. The van der Waals surface area contributed by atoms with Gasteiger partial charge in [-0.15, -0.1) is 0 Å². The number of hydrogen-bond donors (Lipinski definition) is 2. The number of nitrogens with one attached hydrogen (secondary N) is 1. The fraction of sp³-hybridized carbons (Fsp3) is 0.537. The molecule has 1 amide bonds. The summed E-state index contributed by atoms with van der Waals surface area (Å²) in [7, 11) is 1.85. The molecule has 1 aliphatic heterocycles.